The lowest BCUT2D eigenvalue weighted by Crippen LogP contribution is -2.07. The van der Waals surface area contributed by atoms with Crippen LogP contribution < -0.4 is 4.72 Å². The van der Waals surface area contributed by atoms with E-state index in [0.717, 1.165) is 23.6 Å². The Labute approximate surface area is 143 Å². The van der Waals surface area contributed by atoms with E-state index in [9.17, 15) is 17.6 Å². The van der Waals surface area contributed by atoms with Gasteiger partial charge in [-0.25, -0.2) is 9.37 Å². The van der Waals surface area contributed by atoms with Crippen LogP contribution in [-0.4, -0.2) is 4.98 Å². The van der Waals surface area contributed by atoms with E-state index in [1.807, 2.05) is 0 Å². The van der Waals surface area contributed by atoms with E-state index in [1.54, 1.807) is 23.6 Å². The van der Waals surface area contributed by atoms with Crippen LogP contribution in [0.3, 0.4) is 0 Å². The molecule has 0 aliphatic rings. The molecule has 1 N–H and O–H groups in total. The summed E-state index contributed by atoms with van der Waals surface area (Å²) in [6.07, 6.45) is -4.41. The molecule has 8 heteroatoms. The first-order chi connectivity index (χ1) is 11.4. The lowest BCUT2D eigenvalue weighted by atomic mass is 10.2. The lowest BCUT2D eigenvalue weighted by Gasteiger charge is -2.11. The number of hydrogen-bond donors (Lipinski definition) is 1. The predicted molar refractivity (Wildman–Crippen MR) is 88.4 cm³/mol. The lowest BCUT2D eigenvalue weighted by molar-refractivity contribution is -0.139. The number of nitrogens with zero attached hydrogens (tertiary/aromatic N) is 1. The molecule has 0 unspecified atom stereocenters. The zero-order valence-corrected chi connectivity index (χ0v) is 13.6. The number of anilines is 1. The minimum Gasteiger partial charge on any atom is -0.301 e. The molecular weight excluding hydrogens is 360 g/mol. The highest BCUT2D eigenvalue weighted by Gasteiger charge is 2.33. The van der Waals surface area contributed by atoms with Crippen molar-refractivity contribution in [3.05, 3.63) is 65.3 Å². The standard InChI is InChI=1S/C16H10F4N2S2/c17-11-7-5-10(6-8-11)13-9-23-15(21-13)22-24-14-4-2-1-3-12(14)16(18,19)20/h1-9H,(H,21,22). The van der Waals surface area contributed by atoms with E-state index in [2.05, 4.69) is 9.71 Å². The molecule has 1 heterocycles. The summed E-state index contributed by atoms with van der Waals surface area (Å²) in [6.45, 7) is 0. The Morgan fingerprint density at radius 3 is 2.42 bits per heavy atom. The molecule has 0 saturated carbocycles. The van der Waals surface area contributed by atoms with Crippen LogP contribution in [0, 0.1) is 5.82 Å². The van der Waals surface area contributed by atoms with E-state index in [0.29, 0.717) is 10.8 Å². The number of nitrogens with one attached hydrogen (secondary N) is 1. The zero-order valence-electron chi connectivity index (χ0n) is 12.0. The second-order valence-electron chi connectivity index (χ2n) is 4.74. The van der Waals surface area contributed by atoms with Gasteiger partial charge in [0.15, 0.2) is 5.13 Å². The smallest absolute Gasteiger partial charge is 0.301 e. The van der Waals surface area contributed by atoms with Gasteiger partial charge in [-0.3, -0.25) is 0 Å². The van der Waals surface area contributed by atoms with Gasteiger partial charge in [-0.15, -0.1) is 11.3 Å². The fourth-order valence-electron chi connectivity index (χ4n) is 1.96. The van der Waals surface area contributed by atoms with Gasteiger partial charge < -0.3 is 4.72 Å². The third kappa shape index (κ3) is 3.88. The largest absolute Gasteiger partial charge is 0.417 e. The average Bonchev–Trinajstić information content (AvgIpc) is 3.02. The molecule has 0 amide bonds. The molecule has 0 fully saturated rings. The van der Waals surface area contributed by atoms with E-state index in [1.165, 1.54) is 35.6 Å². The molecule has 1 aromatic heterocycles. The van der Waals surface area contributed by atoms with Crippen molar-refractivity contribution in [1.82, 2.24) is 4.98 Å². The molecule has 3 aromatic rings. The highest BCUT2D eigenvalue weighted by atomic mass is 32.2. The average molecular weight is 370 g/mol. The Balaban J connectivity index is 1.74. The fraction of sp³-hybridized carbons (Fsp3) is 0.0625. The Hall–Kier alpha value is -2.06. The van der Waals surface area contributed by atoms with Crippen LogP contribution in [0.4, 0.5) is 22.7 Å². The summed E-state index contributed by atoms with van der Waals surface area (Å²) in [6, 6.07) is 11.2. The van der Waals surface area contributed by atoms with Crippen molar-refractivity contribution < 1.29 is 17.6 Å². The van der Waals surface area contributed by atoms with Crippen molar-refractivity contribution in [2.24, 2.45) is 0 Å². The number of benzene rings is 2. The minimum atomic E-state index is -4.41. The quantitative estimate of drug-likeness (QED) is 0.444. The molecule has 0 radical (unpaired) electrons. The van der Waals surface area contributed by atoms with Gasteiger partial charge in [0.1, 0.15) is 5.82 Å². The van der Waals surface area contributed by atoms with E-state index in [4.69, 9.17) is 0 Å². The molecule has 2 nitrogen and oxygen atoms in total. The number of thiazole rings is 1. The maximum absolute atomic E-state index is 12.9. The van der Waals surface area contributed by atoms with Gasteiger partial charge in [0, 0.05) is 15.8 Å². The first kappa shape index (κ1) is 16.8. The van der Waals surface area contributed by atoms with Crippen molar-refractivity contribution in [2.45, 2.75) is 11.1 Å². The highest BCUT2D eigenvalue weighted by molar-refractivity contribution is 8.00. The third-order valence-corrected chi connectivity index (χ3v) is 4.84. The van der Waals surface area contributed by atoms with Crippen molar-refractivity contribution in [2.75, 3.05) is 4.72 Å². The van der Waals surface area contributed by atoms with Gasteiger partial charge in [0.05, 0.1) is 11.3 Å². The maximum Gasteiger partial charge on any atom is 0.417 e. The SMILES string of the molecule is Fc1ccc(-c2csc(NSc3ccccc3C(F)(F)F)n2)cc1. The van der Waals surface area contributed by atoms with Crippen LogP contribution in [0.1, 0.15) is 5.56 Å². The molecule has 0 saturated heterocycles. The number of halogens is 4. The third-order valence-electron chi connectivity index (χ3n) is 3.08. The van der Waals surface area contributed by atoms with E-state index < -0.39 is 11.7 Å². The van der Waals surface area contributed by atoms with Crippen LogP contribution in [0.15, 0.2) is 58.8 Å². The molecule has 0 bridgehead atoms. The molecule has 0 atom stereocenters. The summed E-state index contributed by atoms with van der Waals surface area (Å²) in [5.41, 5.74) is 0.673. The van der Waals surface area contributed by atoms with E-state index >= 15 is 0 Å². The highest BCUT2D eigenvalue weighted by Crippen LogP contribution is 2.37. The van der Waals surface area contributed by atoms with Gasteiger partial charge in [-0.2, -0.15) is 13.2 Å². The van der Waals surface area contributed by atoms with Crippen molar-refractivity contribution in [3.63, 3.8) is 0 Å². The topological polar surface area (TPSA) is 24.9 Å². The van der Waals surface area contributed by atoms with Gasteiger partial charge in [-0.1, -0.05) is 12.1 Å². The van der Waals surface area contributed by atoms with Gasteiger partial charge >= 0.3 is 6.18 Å². The first-order valence-corrected chi connectivity index (χ1v) is 8.43. The summed E-state index contributed by atoms with van der Waals surface area (Å²) in [5.74, 6) is -0.341. The first-order valence-electron chi connectivity index (χ1n) is 6.74. The molecule has 0 spiro atoms. The van der Waals surface area contributed by atoms with Crippen LogP contribution in [0.2, 0.25) is 0 Å². The fourth-order valence-corrected chi connectivity index (χ4v) is 3.53. The summed E-state index contributed by atoms with van der Waals surface area (Å²) >= 11 is 2.12. The number of aromatic nitrogens is 1. The number of hydrogen-bond acceptors (Lipinski definition) is 4. The Bertz CT molecular complexity index is 829. The van der Waals surface area contributed by atoms with Crippen LogP contribution in [0.5, 0.6) is 0 Å². The second kappa shape index (κ2) is 6.82. The molecule has 2 aromatic carbocycles. The molecular formula is C16H10F4N2S2. The minimum absolute atomic E-state index is 0.0727. The van der Waals surface area contributed by atoms with Gasteiger partial charge in [0.25, 0.3) is 0 Å². The molecule has 124 valence electrons. The Morgan fingerprint density at radius 2 is 1.71 bits per heavy atom. The second-order valence-corrected chi connectivity index (χ2v) is 6.45. The number of alkyl halides is 3. The van der Waals surface area contributed by atoms with E-state index in [-0.39, 0.29) is 10.7 Å². The number of rotatable bonds is 4. The molecule has 0 aliphatic carbocycles. The normalized spacial score (nSPS) is 11.5. The van der Waals surface area contributed by atoms with Gasteiger partial charge in [-0.05, 0) is 48.3 Å². The monoisotopic (exact) mass is 370 g/mol. The summed E-state index contributed by atoms with van der Waals surface area (Å²) in [7, 11) is 0. The maximum atomic E-state index is 12.9. The molecule has 3 rings (SSSR count). The van der Waals surface area contributed by atoms with Crippen LogP contribution in [0.25, 0.3) is 11.3 Å². The summed E-state index contributed by atoms with van der Waals surface area (Å²) in [4.78, 5) is 4.37. The van der Waals surface area contributed by atoms with Crippen LogP contribution >= 0.6 is 23.3 Å². The molecule has 24 heavy (non-hydrogen) atoms. The van der Waals surface area contributed by atoms with Crippen molar-refractivity contribution >= 4 is 28.4 Å². The summed E-state index contributed by atoms with van der Waals surface area (Å²) < 4.78 is 54.6. The summed E-state index contributed by atoms with van der Waals surface area (Å²) in [5, 5.41) is 2.22. The van der Waals surface area contributed by atoms with Crippen LogP contribution in [-0.2, 0) is 6.18 Å². The van der Waals surface area contributed by atoms with Crippen molar-refractivity contribution in [3.8, 4) is 11.3 Å². The Morgan fingerprint density at radius 1 is 1.00 bits per heavy atom. The molecule has 0 aliphatic heterocycles. The van der Waals surface area contributed by atoms with Gasteiger partial charge in [0.2, 0.25) is 0 Å². The zero-order chi connectivity index (χ0) is 17.2. The van der Waals surface area contributed by atoms with Crippen molar-refractivity contribution in [1.29, 1.82) is 0 Å². The Kier molecular flexibility index (Phi) is 4.77. The predicted octanol–water partition coefficient (Wildman–Crippen LogP) is 6.09.